The zero-order chi connectivity index (χ0) is 16.6. The van der Waals surface area contributed by atoms with Crippen LogP contribution in [0.25, 0.3) is 0 Å². The lowest BCUT2D eigenvalue weighted by Crippen LogP contribution is -2.29. The number of esters is 1. The lowest BCUT2D eigenvalue weighted by atomic mass is 10.1. The molecule has 0 fully saturated rings. The molecule has 9 heteroatoms. The van der Waals surface area contributed by atoms with Gasteiger partial charge in [0.1, 0.15) is 6.61 Å². The van der Waals surface area contributed by atoms with Crippen LogP contribution in [0.5, 0.6) is 0 Å². The van der Waals surface area contributed by atoms with Crippen LogP contribution >= 0.6 is 0 Å². The molecule has 0 aliphatic heterocycles. The average molecular weight is 331 g/mol. The molecule has 0 saturated heterocycles. The third kappa shape index (κ3) is 6.55. The highest BCUT2D eigenvalue weighted by Crippen LogP contribution is 2.11. The second-order valence-corrected chi connectivity index (χ2v) is 5.74. The van der Waals surface area contributed by atoms with E-state index in [1.807, 2.05) is 0 Å². The molecule has 0 atom stereocenters. The van der Waals surface area contributed by atoms with Crippen LogP contribution in [-0.4, -0.2) is 43.9 Å². The highest BCUT2D eigenvalue weighted by molar-refractivity contribution is 7.85. The highest BCUT2D eigenvalue weighted by Gasteiger charge is 2.13. The minimum atomic E-state index is -4.14. The van der Waals surface area contributed by atoms with Crippen molar-refractivity contribution in [3.63, 3.8) is 0 Å². The summed E-state index contributed by atoms with van der Waals surface area (Å²) in [5.41, 5.74) is 0.751. The molecule has 0 aromatic heterocycles. The first-order valence-electron chi connectivity index (χ1n) is 6.44. The van der Waals surface area contributed by atoms with Crippen molar-refractivity contribution < 1.29 is 32.0 Å². The summed E-state index contributed by atoms with van der Waals surface area (Å²) in [5, 5.41) is 2.17. The quantitative estimate of drug-likeness (QED) is 0.564. The second kappa shape index (κ2) is 8.35. The predicted molar refractivity (Wildman–Crippen MR) is 77.0 cm³/mol. The second-order valence-electron chi connectivity index (χ2n) is 4.17. The normalized spacial score (nSPS) is 10.8. The Labute approximate surface area is 128 Å². The van der Waals surface area contributed by atoms with E-state index in [-0.39, 0.29) is 25.3 Å². The van der Waals surface area contributed by atoms with Crippen LogP contribution in [0.15, 0.2) is 24.3 Å². The van der Waals surface area contributed by atoms with Crippen LogP contribution in [0, 0.1) is 0 Å². The van der Waals surface area contributed by atoms with Crippen LogP contribution < -0.4 is 5.32 Å². The van der Waals surface area contributed by atoms with E-state index in [0.717, 1.165) is 0 Å². The average Bonchev–Trinajstić information content (AvgIpc) is 2.44. The number of carbonyl (C=O) groups excluding carboxylic acids is 2. The van der Waals surface area contributed by atoms with Gasteiger partial charge in [-0.05, 0) is 13.0 Å². The van der Waals surface area contributed by atoms with E-state index in [1.54, 1.807) is 31.2 Å². The third-order valence-corrected chi connectivity index (χ3v) is 3.22. The molecular weight excluding hydrogens is 314 g/mol. The topological polar surface area (TPSA) is 119 Å². The molecule has 1 aromatic rings. The fraction of sp³-hybridized carbons (Fsp3) is 0.385. The Balaban J connectivity index is 2.54. The van der Waals surface area contributed by atoms with Crippen molar-refractivity contribution in [2.75, 3.05) is 18.9 Å². The molecule has 22 heavy (non-hydrogen) atoms. The fourth-order valence-corrected chi connectivity index (χ4v) is 1.89. The SMILES string of the molecule is CCOC(=O)c1ccccc1COC(=O)NCCS(=O)(=O)O. The van der Waals surface area contributed by atoms with Gasteiger partial charge in [0.05, 0.1) is 17.9 Å². The molecule has 1 amide bonds. The number of alkyl carbamates (subject to hydrolysis) is 1. The van der Waals surface area contributed by atoms with Gasteiger partial charge in [-0.25, -0.2) is 9.59 Å². The summed E-state index contributed by atoms with van der Waals surface area (Å²) < 4.78 is 39.3. The van der Waals surface area contributed by atoms with Gasteiger partial charge >= 0.3 is 12.1 Å². The molecule has 0 saturated carbocycles. The summed E-state index contributed by atoms with van der Waals surface area (Å²) in [7, 11) is -4.14. The third-order valence-electron chi connectivity index (χ3n) is 2.50. The maximum Gasteiger partial charge on any atom is 0.407 e. The summed E-state index contributed by atoms with van der Waals surface area (Å²) in [4.78, 5) is 23.1. The Morgan fingerprint density at radius 1 is 1.23 bits per heavy atom. The lowest BCUT2D eigenvalue weighted by Gasteiger charge is -2.10. The van der Waals surface area contributed by atoms with Crippen LogP contribution in [0.3, 0.4) is 0 Å². The van der Waals surface area contributed by atoms with Crippen molar-refractivity contribution >= 4 is 22.2 Å². The summed E-state index contributed by atoms with van der Waals surface area (Å²) in [6.07, 6.45) is -0.859. The maximum atomic E-state index is 11.7. The largest absolute Gasteiger partial charge is 0.462 e. The Bertz CT molecular complexity index is 627. The fourth-order valence-electron chi connectivity index (χ4n) is 1.53. The predicted octanol–water partition coefficient (Wildman–Crippen LogP) is 0.977. The van der Waals surface area contributed by atoms with E-state index in [2.05, 4.69) is 5.32 Å². The van der Waals surface area contributed by atoms with E-state index in [1.165, 1.54) is 0 Å². The van der Waals surface area contributed by atoms with Gasteiger partial charge in [0.25, 0.3) is 10.1 Å². The van der Waals surface area contributed by atoms with Crippen molar-refractivity contribution in [1.82, 2.24) is 5.32 Å². The summed E-state index contributed by atoms with van der Waals surface area (Å²) in [6, 6.07) is 6.49. The van der Waals surface area contributed by atoms with Crippen LogP contribution in [0.2, 0.25) is 0 Å². The first kappa shape index (κ1) is 17.9. The Morgan fingerprint density at radius 3 is 2.55 bits per heavy atom. The standard InChI is InChI=1S/C13H17NO7S/c1-2-20-12(15)11-6-4-3-5-10(11)9-21-13(16)14-7-8-22(17,18)19/h3-6H,2,7-9H2,1H3,(H,14,16)(H,17,18,19). The number of rotatable bonds is 7. The summed E-state index contributed by atoms with van der Waals surface area (Å²) in [5.74, 6) is -1.13. The van der Waals surface area contributed by atoms with E-state index < -0.39 is 27.9 Å². The highest BCUT2D eigenvalue weighted by atomic mass is 32.2. The molecule has 0 spiro atoms. The van der Waals surface area contributed by atoms with Gasteiger partial charge < -0.3 is 14.8 Å². The van der Waals surface area contributed by atoms with Crippen LogP contribution in [-0.2, 0) is 26.2 Å². The van der Waals surface area contributed by atoms with E-state index >= 15 is 0 Å². The van der Waals surface area contributed by atoms with Gasteiger partial charge in [-0.2, -0.15) is 8.42 Å². The zero-order valence-electron chi connectivity index (χ0n) is 11.9. The molecule has 0 aliphatic rings. The smallest absolute Gasteiger partial charge is 0.407 e. The van der Waals surface area contributed by atoms with Crippen molar-refractivity contribution in [1.29, 1.82) is 0 Å². The van der Waals surface area contributed by atoms with E-state index in [0.29, 0.717) is 5.56 Å². The van der Waals surface area contributed by atoms with Crippen molar-refractivity contribution in [3.8, 4) is 0 Å². The molecular formula is C13H17NO7S. The molecule has 2 N–H and O–H groups in total. The number of carbonyl (C=O) groups is 2. The molecule has 8 nitrogen and oxygen atoms in total. The first-order chi connectivity index (χ1) is 10.3. The molecule has 0 unspecified atom stereocenters. The van der Waals surface area contributed by atoms with E-state index in [4.69, 9.17) is 14.0 Å². The van der Waals surface area contributed by atoms with Gasteiger partial charge in [-0.3, -0.25) is 4.55 Å². The Morgan fingerprint density at radius 2 is 1.91 bits per heavy atom. The number of nitrogens with one attached hydrogen (secondary N) is 1. The number of benzene rings is 1. The molecule has 1 aromatic carbocycles. The van der Waals surface area contributed by atoms with Gasteiger partial charge in [-0.15, -0.1) is 0 Å². The molecule has 0 radical (unpaired) electrons. The molecule has 122 valence electrons. The lowest BCUT2D eigenvalue weighted by molar-refractivity contribution is 0.0521. The summed E-state index contributed by atoms with van der Waals surface area (Å²) >= 11 is 0. The Kier molecular flexibility index (Phi) is 6.80. The first-order valence-corrected chi connectivity index (χ1v) is 8.05. The molecule has 0 heterocycles. The summed E-state index contributed by atoms with van der Waals surface area (Å²) in [6.45, 7) is 1.45. The number of hydrogen-bond acceptors (Lipinski definition) is 6. The van der Waals surface area contributed by atoms with Crippen molar-refractivity contribution in [2.45, 2.75) is 13.5 Å². The molecule has 0 aliphatic carbocycles. The zero-order valence-corrected chi connectivity index (χ0v) is 12.8. The Hall–Kier alpha value is -2.13. The molecule has 1 rings (SSSR count). The minimum Gasteiger partial charge on any atom is -0.462 e. The van der Waals surface area contributed by atoms with Gasteiger partial charge in [0.2, 0.25) is 0 Å². The van der Waals surface area contributed by atoms with Crippen LogP contribution in [0.4, 0.5) is 4.79 Å². The number of ether oxygens (including phenoxy) is 2. The van der Waals surface area contributed by atoms with Gasteiger partial charge in [-0.1, -0.05) is 18.2 Å². The monoisotopic (exact) mass is 331 g/mol. The minimum absolute atomic E-state index is 0.174. The van der Waals surface area contributed by atoms with E-state index in [9.17, 15) is 18.0 Å². The molecule has 0 bridgehead atoms. The van der Waals surface area contributed by atoms with Gasteiger partial charge in [0.15, 0.2) is 0 Å². The van der Waals surface area contributed by atoms with Crippen molar-refractivity contribution in [2.24, 2.45) is 0 Å². The van der Waals surface area contributed by atoms with Gasteiger partial charge in [0, 0.05) is 12.1 Å². The maximum absolute atomic E-state index is 11.7. The number of hydrogen-bond donors (Lipinski definition) is 2. The van der Waals surface area contributed by atoms with Crippen molar-refractivity contribution in [3.05, 3.63) is 35.4 Å². The number of amides is 1. The van der Waals surface area contributed by atoms with Crippen LogP contribution in [0.1, 0.15) is 22.8 Å².